The molecule has 0 nitrogen and oxygen atoms in total. The van der Waals surface area contributed by atoms with E-state index in [1.165, 1.54) is 64.2 Å². The Morgan fingerprint density at radius 1 is 0.579 bits per heavy atom. The molecule has 2 aliphatic carbocycles. The van der Waals surface area contributed by atoms with Crippen LogP contribution < -0.4 is 0 Å². The third-order valence-corrected chi connectivity index (χ3v) is 5.83. The lowest BCUT2D eigenvalue weighted by Crippen LogP contribution is -2.11. The van der Waals surface area contributed by atoms with Crippen LogP contribution in [0.25, 0.3) is 0 Å². The maximum atomic E-state index is 2.49. The summed E-state index contributed by atoms with van der Waals surface area (Å²) in [5.74, 6) is 2.20. The van der Waals surface area contributed by atoms with E-state index in [1.807, 2.05) is 0 Å². The molecule has 2 aliphatic rings. The first-order chi connectivity index (χ1) is 9.16. The summed E-state index contributed by atoms with van der Waals surface area (Å²) < 4.78 is 0. The minimum absolute atomic E-state index is 0.610. The number of hydrogen-bond acceptors (Lipinski definition) is 0. The lowest BCUT2D eigenvalue weighted by atomic mass is 9.81. The van der Waals surface area contributed by atoms with Gasteiger partial charge in [-0.2, -0.15) is 0 Å². The molecule has 2 saturated carbocycles. The quantitative estimate of drug-likeness (QED) is 0.455. The van der Waals surface area contributed by atoms with E-state index in [4.69, 9.17) is 0 Å². The van der Waals surface area contributed by atoms with Gasteiger partial charge in [0.15, 0.2) is 0 Å². The Bertz CT molecular complexity index is 240. The third-order valence-electron chi connectivity index (χ3n) is 5.83. The number of rotatable bonds is 0. The normalized spacial score (nSPS) is 34.4. The van der Waals surface area contributed by atoms with Gasteiger partial charge in [0.1, 0.15) is 0 Å². The van der Waals surface area contributed by atoms with Crippen LogP contribution in [-0.2, 0) is 0 Å². The molecule has 0 aromatic heterocycles. The second-order valence-corrected chi connectivity index (χ2v) is 8.26. The average molecular weight is 264 g/mol. The van der Waals surface area contributed by atoms with Crippen LogP contribution in [0.5, 0.6) is 0 Å². The fraction of sp³-hybridized carbons (Fsp3) is 1.00. The van der Waals surface area contributed by atoms with Crippen LogP contribution in [0, 0.1) is 17.3 Å². The fourth-order valence-corrected chi connectivity index (χ4v) is 4.43. The Balaban J connectivity index is 1.76. The van der Waals surface area contributed by atoms with Crippen LogP contribution >= 0.6 is 0 Å². The number of fused-ring (bicyclic) bond motifs is 2. The topological polar surface area (TPSA) is 0 Å². The summed E-state index contributed by atoms with van der Waals surface area (Å²) in [5, 5.41) is 0. The van der Waals surface area contributed by atoms with Crippen molar-refractivity contribution in [1.29, 1.82) is 0 Å². The smallest absolute Gasteiger partial charge is 0.0354 e. The molecular weight excluding hydrogens is 228 g/mol. The van der Waals surface area contributed by atoms with Gasteiger partial charge in [0.25, 0.3) is 0 Å². The first kappa shape index (κ1) is 15.4. The summed E-state index contributed by atoms with van der Waals surface area (Å²) in [6.07, 6.45) is 21.1. The predicted molar refractivity (Wildman–Crippen MR) is 85.4 cm³/mol. The van der Waals surface area contributed by atoms with Crippen molar-refractivity contribution in [3.8, 4) is 0 Å². The van der Waals surface area contributed by atoms with Gasteiger partial charge in [0.2, 0.25) is 0 Å². The Labute approximate surface area is 121 Å². The zero-order valence-corrected chi connectivity index (χ0v) is 13.6. The van der Waals surface area contributed by atoms with Gasteiger partial charge >= 0.3 is 0 Å². The minimum Gasteiger partial charge on any atom is -0.0599 e. The SMILES string of the molecule is CC1(C)CCCCCCC2CCC(CCCCC1)C2. The van der Waals surface area contributed by atoms with Crippen molar-refractivity contribution in [3.05, 3.63) is 0 Å². The molecule has 2 fully saturated rings. The molecule has 0 amide bonds. The van der Waals surface area contributed by atoms with Crippen molar-refractivity contribution in [2.24, 2.45) is 17.3 Å². The summed E-state index contributed by atoms with van der Waals surface area (Å²) in [4.78, 5) is 0. The molecule has 0 saturated heterocycles. The van der Waals surface area contributed by atoms with Crippen molar-refractivity contribution in [2.45, 2.75) is 104 Å². The highest BCUT2D eigenvalue weighted by Crippen LogP contribution is 2.38. The van der Waals surface area contributed by atoms with Gasteiger partial charge in [0, 0.05) is 0 Å². The molecule has 2 atom stereocenters. The highest BCUT2D eigenvalue weighted by Gasteiger charge is 2.24. The van der Waals surface area contributed by atoms with Crippen LogP contribution in [0.1, 0.15) is 104 Å². The Morgan fingerprint density at radius 2 is 1.05 bits per heavy atom. The summed E-state index contributed by atoms with van der Waals surface area (Å²) in [5.41, 5.74) is 0.610. The van der Waals surface area contributed by atoms with Gasteiger partial charge < -0.3 is 0 Å². The van der Waals surface area contributed by atoms with E-state index in [-0.39, 0.29) is 0 Å². The number of hydrogen-bond donors (Lipinski definition) is 0. The molecule has 0 spiro atoms. The summed E-state index contributed by atoms with van der Waals surface area (Å²) in [6.45, 7) is 4.99. The molecule has 2 unspecified atom stereocenters. The second-order valence-electron chi connectivity index (χ2n) is 8.26. The monoisotopic (exact) mass is 264 g/mol. The first-order valence-electron chi connectivity index (χ1n) is 9.16. The van der Waals surface area contributed by atoms with Gasteiger partial charge in [-0.3, -0.25) is 0 Å². The molecular formula is C19H36. The van der Waals surface area contributed by atoms with Gasteiger partial charge in [-0.15, -0.1) is 0 Å². The zero-order chi connectivity index (χ0) is 13.6. The van der Waals surface area contributed by atoms with E-state index < -0.39 is 0 Å². The molecule has 0 aromatic rings. The van der Waals surface area contributed by atoms with Crippen molar-refractivity contribution >= 4 is 0 Å². The van der Waals surface area contributed by atoms with E-state index >= 15 is 0 Å². The predicted octanol–water partition coefficient (Wildman–Crippen LogP) is 6.73. The maximum absolute atomic E-state index is 2.49. The zero-order valence-electron chi connectivity index (χ0n) is 13.6. The Kier molecular flexibility index (Phi) is 6.23. The highest BCUT2D eigenvalue weighted by atomic mass is 14.3. The fourth-order valence-electron chi connectivity index (χ4n) is 4.43. The molecule has 2 rings (SSSR count). The lowest BCUT2D eigenvalue weighted by molar-refractivity contribution is 0.281. The average Bonchev–Trinajstić information content (AvgIpc) is 2.80. The molecule has 0 N–H and O–H groups in total. The van der Waals surface area contributed by atoms with Crippen LogP contribution in [0.15, 0.2) is 0 Å². The van der Waals surface area contributed by atoms with E-state index in [1.54, 1.807) is 25.7 Å². The van der Waals surface area contributed by atoms with E-state index in [0.29, 0.717) is 5.41 Å². The highest BCUT2D eigenvalue weighted by molar-refractivity contribution is 4.76. The molecule has 0 heteroatoms. The molecule has 112 valence electrons. The maximum Gasteiger partial charge on any atom is -0.0354 e. The van der Waals surface area contributed by atoms with Gasteiger partial charge in [-0.1, -0.05) is 84.5 Å². The molecule has 0 aliphatic heterocycles. The van der Waals surface area contributed by atoms with Crippen LogP contribution in [0.4, 0.5) is 0 Å². The summed E-state index contributed by atoms with van der Waals surface area (Å²) in [7, 11) is 0. The second kappa shape index (κ2) is 7.70. The Hall–Kier alpha value is 0. The van der Waals surface area contributed by atoms with E-state index in [9.17, 15) is 0 Å². The van der Waals surface area contributed by atoms with Crippen molar-refractivity contribution in [1.82, 2.24) is 0 Å². The minimum atomic E-state index is 0.610. The molecule has 19 heavy (non-hydrogen) atoms. The van der Waals surface area contributed by atoms with Crippen molar-refractivity contribution < 1.29 is 0 Å². The first-order valence-corrected chi connectivity index (χ1v) is 9.16. The molecule has 0 aromatic carbocycles. The van der Waals surface area contributed by atoms with Crippen LogP contribution in [-0.4, -0.2) is 0 Å². The third kappa shape index (κ3) is 5.88. The molecule has 2 bridgehead atoms. The van der Waals surface area contributed by atoms with Crippen LogP contribution in [0.2, 0.25) is 0 Å². The van der Waals surface area contributed by atoms with Crippen molar-refractivity contribution in [3.63, 3.8) is 0 Å². The summed E-state index contributed by atoms with van der Waals surface area (Å²) >= 11 is 0. The van der Waals surface area contributed by atoms with E-state index in [2.05, 4.69) is 13.8 Å². The van der Waals surface area contributed by atoms with E-state index in [0.717, 1.165) is 11.8 Å². The summed E-state index contributed by atoms with van der Waals surface area (Å²) in [6, 6.07) is 0. The van der Waals surface area contributed by atoms with Crippen molar-refractivity contribution in [2.75, 3.05) is 0 Å². The standard InChI is InChI=1S/C19H36/c1-19(2)14-8-4-3-6-10-17-12-13-18(16-17)11-7-5-9-15-19/h17-18H,3-16H2,1-2H3. The van der Waals surface area contributed by atoms with Gasteiger partial charge in [-0.25, -0.2) is 0 Å². The van der Waals surface area contributed by atoms with Crippen LogP contribution in [0.3, 0.4) is 0 Å². The largest absolute Gasteiger partial charge is 0.0599 e. The van der Waals surface area contributed by atoms with Gasteiger partial charge in [-0.05, 0) is 36.5 Å². The van der Waals surface area contributed by atoms with Gasteiger partial charge in [0.05, 0.1) is 0 Å². The lowest BCUT2D eigenvalue weighted by Gasteiger charge is -2.24. The Morgan fingerprint density at radius 3 is 1.63 bits per heavy atom. The molecule has 0 radical (unpaired) electrons. The molecule has 0 heterocycles.